The third-order valence-corrected chi connectivity index (χ3v) is 5.74. The van der Waals surface area contributed by atoms with E-state index in [4.69, 9.17) is 10.3 Å². The van der Waals surface area contributed by atoms with E-state index in [-0.39, 0.29) is 0 Å². The van der Waals surface area contributed by atoms with Crippen LogP contribution in [0.2, 0.25) is 0 Å². The van der Waals surface area contributed by atoms with E-state index >= 15 is 0 Å². The van der Waals surface area contributed by atoms with Crippen LogP contribution in [0.15, 0.2) is 39.0 Å². The fraction of sp³-hybridized carbons (Fsp3) is 0. The van der Waals surface area contributed by atoms with Gasteiger partial charge in [0.25, 0.3) is 30.4 Å². The molecule has 0 radical (unpaired) electrons. The number of hydrogen-bond acceptors (Lipinski definition) is 7. The van der Waals surface area contributed by atoms with Crippen LogP contribution < -0.4 is 5.73 Å². The van der Waals surface area contributed by atoms with Crippen LogP contribution in [0.1, 0.15) is 0 Å². The van der Waals surface area contributed by atoms with E-state index in [9.17, 15) is 34.4 Å². The van der Waals surface area contributed by atoms with Crippen LogP contribution in [0, 0.1) is 0 Å². The number of nitrogen functional groups attached to an aromatic ring is 1. The smallest absolute Gasteiger partial charge is 0.296 e. The van der Waals surface area contributed by atoms with Gasteiger partial charge in [-0.25, -0.2) is 0 Å². The highest BCUT2D eigenvalue weighted by molar-refractivity contribution is 7.89. The quantitative estimate of drug-likeness (QED) is 0.419. The highest BCUT2D eigenvalue weighted by Crippen LogP contribution is 2.37. The molecule has 2 aromatic rings. The van der Waals surface area contributed by atoms with Gasteiger partial charge in [0.05, 0.1) is 0 Å². The first-order valence-electron chi connectivity index (χ1n) is 5.52. The molecule has 0 atom stereocenters. The van der Waals surface area contributed by atoms with Crippen molar-refractivity contribution in [1.82, 2.24) is 0 Å². The van der Waals surface area contributed by atoms with E-state index in [1.807, 2.05) is 0 Å². The maximum Gasteiger partial charge on any atom is 0.296 e. The van der Waals surface area contributed by atoms with E-state index in [1.165, 1.54) is 0 Å². The third-order valence-electron chi connectivity index (χ3n) is 2.88. The summed E-state index contributed by atoms with van der Waals surface area (Å²) in [5, 5.41) is -1.12. The average Bonchev–Trinajstić information content (AvgIpc) is 2.34. The van der Waals surface area contributed by atoms with Crippen molar-refractivity contribution >= 4 is 46.8 Å². The standard InChI is InChI=1S/C10H9NO9S3/c11-6-4-8(22(15,16)17)10(23(18,19)20)5-2-1-3-7(9(5)6)21(12,13)14/h1-4H,11H2,(H,12,13,14)(H,15,16,17)(H,18,19,20). The zero-order valence-electron chi connectivity index (χ0n) is 10.9. The molecule has 0 spiro atoms. The van der Waals surface area contributed by atoms with Gasteiger partial charge in [-0.15, -0.1) is 0 Å². The molecule has 10 nitrogen and oxygen atoms in total. The van der Waals surface area contributed by atoms with Crippen molar-refractivity contribution in [2.24, 2.45) is 0 Å². The first-order chi connectivity index (χ1) is 10.2. The van der Waals surface area contributed by atoms with Gasteiger partial charge in [0.1, 0.15) is 14.7 Å². The van der Waals surface area contributed by atoms with Gasteiger partial charge in [0, 0.05) is 16.5 Å². The maximum absolute atomic E-state index is 11.5. The Kier molecular flexibility index (Phi) is 3.91. The van der Waals surface area contributed by atoms with Gasteiger partial charge < -0.3 is 5.73 Å². The Balaban J connectivity index is 3.28. The van der Waals surface area contributed by atoms with Gasteiger partial charge in [-0.3, -0.25) is 13.7 Å². The Bertz CT molecular complexity index is 1130. The van der Waals surface area contributed by atoms with Crippen LogP contribution in [0.25, 0.3) is 10.8 Å². The fourth-order valence-electron chi connectivity index (χ4n) is 2.10. The Morgan fingerprint density at radius 2 is 1.30 bits per heavy atom. The van der Waals surface area contributed by atoms with Crippen molar-refractivity contribution in [2.75, 3.05) is 5.73 Å². The Morgan fingerprint density at radius 1 is 0.783 bits per heavy atom. The van der Waals surface area contributed by atoms with Gasteiger partial charge in [0.2, 0.25) is 0 Å². The number of anilines is 1. The molecule has 0 bridgehead atoms. The lowest BCUT2D eigenvalue weighted by Gasteiger charge is -2.13. The summed E-state index contributed by atoms with van der Waals surface area (Å²) in [6.07, 6.45) is 0. The normalized spacial score (nSPS) is 13.3. The third kappa shape index (κ3) is 3.15. The number of fused-ring (bicyclic) bond motifs is 1. The van der Waals surface area contributed by atoms with Gasteiger partial charge in [0.15, 0.2) is 0 Å². The minimum Gasteiger partial charge on any atom is -0.398 e. The number of rotatable bonds is 3. The van der Waals surface area contributed by atoms with Crippen molar-refractivity contribution in [3.63, 3.8) is 0 Å². The second kappa shape index (κ2) is 5.12. The van der Waals surface area contributed by atoms with E-state index < -0.39 is 61.5 Å². The van der Waals surface area contributed by atoms with Crippen molar-refractivity contribution in [1.29, 1.82) is 0 Å². The molecule has 0 aliphatic carbocycles. The number of nitrogens with two attached hydrogens (primary N) is 1. The van der Waals surface area contributed by atoms with E-state index in [0.29, 0.717) is 6.07 Å². The minimum absolute atomic E-state index is 0.468. The molecular formula is C10H9NO9S3. The molecule has 0 aliphatic rings. The van der Waals surface area contributed by atoms with Crippen molar-refractivity contribution in [3.8, 4) is 0 Å². The van der Waals surface area contributed by atoms with Crippen LogP contribution in [0.5, 0.6) is 0 Å². The molecular weight excluding hydrogens is 374 g/mol. The van der Waals surface area contributed by atoms with Crippen molar-refractivity contribution in [2.45, 2.75) is 14.7 Å². The number of benzene rings is 2. The molecule has 0 aromatic heterocycles. The van der Waals surface area contributed by atoms with Crippen molar-refractivity contribution in [3.05, 3.63) is 24.3 Å². The van der Waals surface area contributed by atoms with Crippen LogP contribution >= 0.6 is 0 Å². The lowest BCUT2D eigenvalue weighted by molar-refractivity contribution is 0.467. The summed E-state index contributed by atoms with van der Waals surface area (Å²) >= 11 is 0. The van der Waals surface area contributed by atoms with E-state index in [1.54, 1.807) is 0 Å². The highest BCUT2D eigenvalue weighted by Gasteiger charge is 2.30. The molecule has 2 rings (SSSR count). The lowest BCUT2D eigenvalue weighted by atomic mass is 10.1. The van der Waals surface area contributed by atoms with Crippen LogP contribution in [0.3, 0.4) is 0 Å². The summed E-state index contributed by atoms with van der Waals surface area (Å²) in [5.41, 5.74) is 4.99. The molecule has 0 unspecified atom stereocenters. The van der Waals surface area contributed by atoms with Crippen molar-refractivity contribution < 1.29 is 38.9 Å². The summed E-state index contributed by atoms with van der Waals surface area (Å²) in [7, 11) is -15.1. The number of hydrogen-bond donors (Lipinski definition) is 4. The zero-order chi connectivity index (χ0) is 17.8. The first-order valence-corrected chi connectivity index (χ1v) is 9.84. The predicted octanol–water partition coefficient (Wildman–Crippen LogP) is 0.162. The van der Waals surface area contributed by atoms with Crippen LogP contribution in [-0.4, -0.2) is 38.9 Å². The first kappa shape index (κ1) is 17.6. The van der Waals surface area contributed by atoms with E-state index in [2.05, 4.69) is 0 Å². The SMILES string of the molecule is Nc1cc(S(=O)(=O)O)c(S(=O)(=O)O)c2cccc(S(=O)(=O)O)c12. The molecule has 2 aromatic carbocycles. The van der Waals surface area contributed by atoms with Crippen LogP contribution in [-0.2, 0) is 30.4 Å². The molecule has 23 heavy (non-hydrogen) atoms. The lowest BCUT2D eigenvalue weighted by Crippen LogP contribution is -2.11. The molecule has 5 N–H and O–H groups in total. The highest BCUT2D eigenvalue weighted by atomic mass is 32.2. The maximum atomic E-state index is 11.5. The van der Waals surface area contributed by atoms with Gasteiger partial charge in [-0.05, 0) is 12.1 Å². The van der Waals surface area contributed by atoms with E-state index in [0.717, 1.165) is 18.2 Å². The summed E-state index contributed by atoms with van der Waals surface area (Å²) in [6.45, 7) is 0. The summed E-state index contributed by atoms with van der Waals surface area (Å²) in [6, 6.07) is 3.32. The predicted molar refractivity (Wildman–Crippen MR) is 77.8 cm³/mol. The molecule has 13 heteroatoms. The summed E-state index contributed by atoms with van der Waals surface area (Å²) < 4.78 is 96.0. The second-order valence-corrected chi connectivity index (χ2v) is 8.54. The van der Waals surface area contributed by atoms with Gasteiger partial charge >= 0.3 is 0 Å². The van der Waals surface area contributed by atoms with Gasteiger partial charge in [-0.2, -0.15) is 25.3 Å². The zero-order valence-corrected chi connectivity index (χ0v) is 13.4. The topological polar surface area (TPSA) is 189 Å². The Hall–Kier alpha value is -1.77. The molecule has 0 saturated heterocycles. The Labute approximate surface area is 130 Å². The fourth-order valence-corrected chi connectivity index (χ4v) is 4.85. The van der Waals surface area contributed by atoms with Gasteiger partial charge in [-0.1, -0.05) is 12.1 Å². The monoisotopic (exact) mass is 383 g/mol. The summed E-state index contributed by atoms with van der Waals surface area (Å²) in [5.74, 6) is 0. The molecule has 0 amide bonds. The average molecular weight is 383 g/mol. The summed E-state index contributed by atoms with van der Waals surface area (Å²) in [4.78, 5) is -3.27. The minimum atomic E-state index is -5.19. The largest absolute Gasteiger partial charge is 0.398 e. The molecule has 126 valence electrons. The molecule has 0 saturated carbocycles. The molecule has 0 aliphatic heterocycles. The molecule has 0 heterocycles. The van der Waals surface area contributed by atoms with Crippen LogP contribution in [0.4, 0.5) is 5.69 Å². The Morgan fingerprint density at radius 3 is 1.74 bits per heavy atom. The molecule has 0 fully saturated rings. The second-order valence-electron chi connectivity index (χ2n) is 4.40.